The van der Waals surface area contributed by atoms with E-state index in [2.05, 4.69) is 15.6 Å². The van der Waals surface area contributed by atoms with Crippen LogP contribution in [0.5, 0.6) is 0 Å². The number of primary amides is 1. The lowest BCUT2D eigenvalue weighted by atomic mass is 10.0. The number of hydrogen-bond donors (Lipinski definition) is 4. The van der Waals surface area contributed by atoms with Crippen LogP contribution < -0.4 is 16.4 Å². The average Bonchev–Trinajstić information content (AvgIpc) is 3.04. The number of carbonyl (C=O) groups is 3. The van der Waals surface area contributed by atoms with Gasteiger partial charge in [0, 0.05) is 41.7 Å². The minimum absolute atomic E-state index is 0.195. The Morgan fingerprint density at radius 2 is 1.78 bits per heavy atom. The van der Waals surface area contributed by atoms with E-state index in [1.165, 1.54) is 6.92 Å². The van der Waals surface area contributed by atoms with Gasteiger partial charge in [0.25, 0.3) is 5.91 Å². The average molecular weight is 364 g/mol. The smallest absolute Gasteiger partial charge is 0.251 e. The number of carbonyl (C=O) groups excluding carboxylic acids is 3. The van der Waals surface area contributed by atoms with Gasteiger partial charge in [0.15, 0.2) is 0 Å². The number of anilines is 1. The van der Waals surface area contributed by atoms with E-state index >= 15 is 0 Å². The fourth-order valence-corrected chi connectivity index (χ4v) is 2.89. The standard InChI is InChI=1S/C20H20N4O3/c1-12(25)23-15-8-6-13(7-9-15)20(27)24-18(19(21)26)10-14-11-22-17-5-3-2-4-16(14)17/h2-9,11,18,22H,10H2,1H3,(H2,21,26)(H,23,25)(H,24,27)/t18-/m0/s1. The summed E-state index contributed by atoms with van der Waals surface area (Å²) in [4.78, 5) is 38.5. The van der Waals surface area contributed by atoms with E-state index in [-0.39, 0.29) is 12.3 Å². The van der Waals surface area contributed by atoms with Crippen molar-refractivity contribution < 1.29 is 14.4 Å². The minimum Gasteiger partial charge on any atom is -0.368 e. The van der Waals surface area contributed by atoms with Crippen molar-refractivity contribution in [2.24, 2.45) is 5.73 Å². The van der Waals surface area contributed by atoms with Crippen molar-refractivity contribution in [2.45, 2.75) is 19.4 Å². The molecule has 27 heavy (non-hydrogen) atoms. The molecule has 1 heterocycles. The monoisotopic (exact) mass is 364 g/mol. The molecule has 3 amide bonds. The fourth-order valence-electron chi connectivity index (χ4n) is 2.89. The predicted molar refractivity (Wildman–Crippen MR) is 103 cm³/mol. The molecule has 0 spiro atoms. The zero-order valence-corrected chi connectivity index (χ0v) is 14.8. The number of aromatic nitrogens is 1. The summed E-state index contributed by atoms with van der Waals surface area (Å²) >= 11 is 0. The van der Waals surface area contributed by atoms with Crippen LogP contribution in [-0.2, 0) is 16.0 Å². The first-order valence-corrected chi connectivity index (χ1v) is 8.47. The molecule has 1 atom stereocenters. The van der Waals surface area contributed by atoms with Crippen LogP contribution in [0.3, 0.4) is 0 Å². The molecule has 0 saturated carbocycles. The van der Waals surface area contributed by atoms with E-state index in [1.807, 2.05) is 30.5 Å². The topological polar surface area (TPSA) is 117 Å². The molecule has 0 bridgehead atoms. The Bertz CT molecular complexity index is 992. The van der Waals surface area contributed by atoms with Crippen LogP contribution in [0.25, 0.3) is 10.9 Å². The quantitative estimate of drug-likeness (QED) is 0.535. The van der Waals surface area contributed by atoms with Crippen molar-refractivity contribution >= 4 is 34.3 Å². The number of H-pyrrole nitrogens is 1. The number of amides is 3. The van der Waals surface area contributed by atoms with Gasteiger partial charge in [-0.25, -0.2) is 0 Å². The molecule has 0 aliphatic rings. The van der Waals surface area contributed by atoms with Gasteiger partial charge in [-0.15, -0.1) is 0 Å². The molecule has 5 N–H and O–H groups in total. The SMILES string of the molecule is CC(=O)Nc1ccc(C(=O)N[C@@H](Cc2c[nH]c3ccccc23)C(N)=O)cc1. The Hall–Kier alpha value is -3.61. The van der Waals surface area contributed by atoms with Crippen LogP contribution in [0.1, 0.15) is 22.8 Å². The Morgan fingerprint density at radius 3 is 2.44 bits per heavy atom. The van der Waals surface area contributed by atoms with Crippen LogP contribution in [0.2, 0.25) is 0 Å². The molecular formula is C20H20N4O3. The first-order chi connectivity index (χ1) is 12.9. The van der Waals surface area contributed by atoms with Gasteiger partial charge in [0.1, 0.15) is 6.04 Å². The van der Waals surface area contributed by atoms with E-state index in [4.69, 9.17) is 5.73 Å². The molecule has 0 aliphatic carbocycles. The summed E-state index contributed by atoms with van der Waals surface area (Å²) in [7, 11) is 0. The van der Waals surface area contributed by atoms with Crippen LogP contribution >= 0.6 is 0 Å². The highest BCUT2D eigenvalue weighted by Crippen LogP contribution is 2.19. The fraction of sp³-hybridized carbons (Fsp3) is 0.150. The van der Waals surface area contributed by atoms with Crippen LogP contribution in [0.4, 0.5) is 5.69 Å². The second-order valence-electron chi connectivity index (χ2n) is 6.25. The Balaban J connectivity index is 1.73. The first-order valence-electron chi connectivity index (χ1n) is 8.47. The van der Waals surface area contributed by atoms with Gasteiger partial charge < -0.3 is 21.4 Å². The van der Waals surface area contributed by atoms with Gasteiger partial charge in [-0.05, 0) is 35.9 Å². The molecule has 138 valence electrons. The van der Waals surface area contributed by atoms with E-state index in [0.717, 1.165) is 16.5 Å². The van der Waals surface area contributed by atoms with E-state index in [1.54, 1.807) is 24.3 Å². The van der Waals surface area contributed by atoms with Crippen molar-refractivity contribution in [3.05, 3.63) is 65.9 Å². The molecule has 2 aromatic carbocycles. The van der Waals surface area contributed by atoms with Gasteiger partial charge in [0.2, 0.25) is 11.8 Å². The van der Waals surface area contributed by atoms with Crippen molar-refractivity contribution in [3.8, 4) is 0 Å². The third-order valence-electron chi connectivity index (χ3n) is 4.22. The van der Waals surface area contributed by atoms with Gasteiger partial charge in [0.05, 0.1) is 0 Å². The van der Waals surface area contributed by atoms with E-state index < -0.39 is 17.9 Å². The molecule has 0 radical (unpaired) electrons. The summed E-state index contributed by atoms with van der Waals surface area (Å²) in [6.07, 6.45) is 2.10. The number of hydrogen-bond acceptors (Lipinski definition) is 3. The summed E-state index contributed by atoms with van der Waals surface area (Å²) < 4.78 is 0. The van der Waals surface area contributed by atoms with Crippen molar-refractivity contribution in [3.63, 3.8) is 0 Å². The third-order valence-corrected chi connectivity index (χ3v) is 4.22. The van der Waals surface area contributed by atoms with Gasteiger partial charge in [-0.2, -0.15) is 0 Å². The lowest BCUT2D eigenvalue weighted by Gasteiger charge is -2.15. The molecule has 0 unspecified atom stereocenters. The Kier molecular flexibility index (Phi) is 5.21. The van der Waals surface area contributed by atoms with Crippen molar-refractivity contribution in [1.29, 1.82) is 0 Å². The van der Waals surface area contributed by atoms with Crippen LogP contribution in [0, 0.1) is 0 Å². The van der Waals surface area contributed by atoms with Crippen molar-refractivity contribution in [2.75, 3.05) is 5.32 Å². The summed E-state index contributed by atoms with van der Waals surface area (Å²) in [6.45, 7) is 1.41. The van der Waals surface area contributed by atoms with E-state index in [9.17, 15) is 14.4 Å². The predicted octanol–water partition coefficient (Wildman–Crippen LogP) is 1.95. The highest BCUT2D eigenvalue weighted by Gasteiger charge is 2.21. The third kappa shape index (κ3) is 4.33. The summed E-state index contributed by atoms with van der Waals surface area (Å²) in [5.41, 5.74) is 8.30. The lowest BCUT2D eigenvalue weighted by Crippen LogP contribution is -2.45. The largest absolute Gasteiger partial charge is 0.368 e. The maximum absolute atomic E-state index is 12.5. The highest BCUT2D eigenvalue weighted by atomic mass is 16.2. The normalized spacial score (nSPS) is 11.7. The molecule has 0 fully saturated rings. The summed E-state index contributed by atoms with van der Waals surface area (Å²) in [5.74, 6) is -1.21. The maximum Gasteiger partial charge on any atom is 0.251 e. The molecule has 3 aromatic rings. The van der Waals surface area contributed by atoms with E-state index in [0.29, 0.717) is 11.3 Å². The van der Waals surface area contributed by atoms with Gasteiger partial charge in [-0.3, -0.25) is 14.4 Å². The number of nitrogens with one attached hydrogen (secondary N) is 3. The maximum atomic E-state index is 12.5. The molecule has 1 aromatic heterocycles. The number of fused-ring (bicyclic) bond motifs is 1. The second-order valence-corrected chi connectivity index (χ2v) is 6.25. The number of aromatic amines is 1. The van der Waals surface area contributed by atoms with Crippen LogP contribution in [-0.4, -0.2) is 28.7 Å². The molecule has 3 rings (SSSR count). The number of nitrogens with two attached hydrogens (primary N) is 1. The molecule has 0 aliphatic heterocycles. The zero-order valence-electron chi connectivity index (χ0n) is 14.8. The molecule has 7 nitrogen and oxygen atoms in total. The number of para-hydroxylation sites is 1. The minimum atomic E-state index is -0.841. The number of benzene rings is 2. The Morgan fingerprint density at radius 1 is 1.07 bits per heavy atom. The molecule has 0 saturated heterocycles. The first kappa shape index (κ1) is 18.2. The molecular weight excluding hydrogens is 344 g/mol. The summed E-state index contributed by atoms with van der Waals surface area (Å²) in [5, 5.41) is 6.29. The van der Waals surface area contributed by atoms with Gasteiger partial charge in [-0.1, -0.05) is 18.2 Å². The lowest BCUT2D eigenvalue weighted by molar-refractivity contribution is -0.119. The van der Waals surface area contributed by atoms with Crippen molar-refractivity contribution in [1.82, 2.24) is 10.3 Å². The van der Waals surface area contributed by atoms with Crippen LogP contribution in [0.15, 0.2) is 54.7 Å². The Labute approximate surface area is 155 Å². The van der Waals surface area contributed by atoms with Gasteiger partial charge >= 0.3 is 0 Å². The highest BCUT2D eigenvalue weighted by molar-refractivity contribution is 5.98. The summed E-state index contributed by atoms with van der Waals surface area (Å²) in [6, 6.07) is 13.3. The second kappa shape index (κ2) is 7.74. The molecule has 7 heteroatoms. The zero-order chi connectivity index (χ0) is 19.4. The number of rotatable bonds is 6.